The molecule has 1 aliphatic rings. The van der Waals surface area contributed by atoms with Crippen molar-refractivity contribution in [2.75, 3.05) is 6.54 Å². The van der Waals surface area contributed by atoms with Gasteiger partial charge < -0.3 is 4.90 Å². The van der Waals surface area contributed by atoms with Gasteiger partial charge in [-0.15, -0.1) is 0 Å². The van der Waals surface area contributed by atoms with Crippen LogP contribution in [0.4, 0.5) is 0 Å². The summed E-state index contributed by atoms with van der Waals surface area (Å²) in [6.45, 7) is 5.72. The summed E-state index contributed by atoms with van der Waals surface area (Å²) in [7, 11) is 0. The van der Waals surface area contributed by atoms with Gasteiger partial charge in [-0.2, -0.15) is 12.6 Å². The molecule has 1 atom stereocenters. The number of carbonyl (C=O) groups is 1. The van der Waals surface area contributed by atoms with Crippen molar-refractivity contribution < 1.29 is 4.79 Å². The lowest BCUT2D eigenvalue weighted by molar-refractivity contribution is -0.128. The van der Waals surface area contributed by atoms with Gasteiger partial charge in [-0.05, 0) is 30.5 Å². The average molecular weight is 235 g/mol. The maximum Gasteiger partial charge on any atom is 0.224 e. The zero-order valence-corrected chi connectivity index (χ0v) is 10.6. The number of nitrogens with zero attached hydrogens (tertiary/aromatic N) is 1. The predicted molar refractivity (Wildman–Crippen MR) is 68.7 cm³/mol. The summed E-state index contributed by atoms with van der Waals surface area (Å²) in [5.74, 6) is 0.223. The van der Waals surface area contributed by atoms with E-state index in [0.717, 1.165) is 13.1 Å². The van der Waals surface area contributed by atoms with E-state index in [2.05, 4.69) is 44.7 Å². The minimum absolute atomic E-state index is 0.206. The van der Waals surface area contributed by atoms with Gasteiger partial charge in [0.1, 0.15) is 0 Å². The third kappa shape index (κ3) is 2.24. The van der Waals surface area contributed by atoms with Crippen molar-refractivity contribution in [2.24, 2.45) is 0 Å². The summed E-state index contributed by atoms with van der Waals surface area (Å²) in [5.41, 5.74) is 3.82. The Morgan fingerprint density at radius 1 is 1.44 bits per heavy atom. The van der Waals surface area contributed by atoms with E-state index in [4.69, 9.17) is 0 Å². The summed E-state index contributed by atoms with van der Waals surface area (Å²) in [6, 6.07) is 6.25. The Morgan fingerprint density at radius 3 is 2.81 bits per heavy atom. The molecule has 1 amide bonds. The molecule has 1 aliphatic heterocycles. The van der Waals surface area contributed by atoms with Gasteiger partial charge >= 0.3 is 0 Å². The normalized spacial score (nSPS) is 20.6. The zero-order chi connectivity index (χ0) is 11.7. The SMILES string of the molecule is Cc1cccc(CN2CC(S)CC2=O)c1C. The molecule has 1 saturated heterocycles. The fraction of sp³-hybridized carbons (Fsp3) is 0.462. The Morgan fingerprint density at radius 2 is 2.19 bits per heavy atom. The number of amides is 1. The molecular formula is C13H17NOS. The van der Waals surface area contributed by atoms with Crippen molar-refractivity contribution in [1.82, 2.24) is 4.90 Å². The fourth-order valence-electron chi connectivity index (χ4n) is 2.09. The first kappa shape index (κ1) is 11.5. The number of hydrogen-bond donors (Lipinski definition) is 1. The summed E-state index contributed by atoms with van der Waals surface area (Å²) in [6.07, 6.45) is 0.577. The maximum atomic E-state index is 11.7. The molecule has 0 radical (unpaired) electrons. The first-order chi connectivity index (χ1) is 7.58. The standard InChI is InChI=1S/C13H17NOS/c1-9-4-3-5-11(10(9)2)7-14-8-12(16)6-13(14)15/h3-5,12,16H,6-8H2,1-2H3. The van der Waals surface area contributed by atoms with Crippen LogP contribution in [0.3, 0.4) is 0 Å². The minimum atomic E-state index is 0.206. The van der Waals surface area contributed by atoms with Crippen LogP contribution >= 0.6 is 12.6 Å². The third-order valence-electron chi connectivity index (χ3n) is 3.27. The molecule has 1 heterocycles. The van der Waals surface area contributed by atoms with Crippen molar-refractivity contribution in [1.29, 1.82) is 0 Å². The van der Waals surface area contributed by atoms with E-state index in [1.54, 1.807) is 0 Å². The number of likely N-dealkylation sites (tertiary alicyclic amines) is 1. The average Bonchev–Trinajstić information content (AvgIpc) is 2.53. The molecule has 1 unspecified atom stereocenters. The van der Waals surface area contributed by atoms with Crippen molar-refractivity contribution >= 4 is 18.5 Å². The largest absolute Gasteiger partial charge is 0.337 e. The highest BCUT2D eigenvalue weighted by Crippen LogP contribution is 2.21. The number of rotatable bonds is 2. The molecule has 2 nitrogen and oxygen atoms in total. The molecule has 0 aliphatic carbocycles. The molecule has 3 heteroatoms. The Labute approximate surface area is 102 Å². The number of aryl methyl sites for hydroxylation is 1. The summed E-state index contributed by atoms with van der Waals surface area (Å²) >= 11 is 4.36. The molecule has 1 aromatic rings. The fourth-order valence-corrected chi connectivity index (χ4v) is 2.45. The first-order valence-corrected chi connectivity index (χ1v) is 6.10. The maximum absolute atomic E-state index is 11.7. The second-order valence-electron chi connectivity index (χ2n) is 4.49. The van der Waals surface area contributed by atoms with Crippen molar-refractivity contribution in [3.05, 3.63) is 34.9 Å². The first-order valence-electron chi connectivity index (χ1n) is 5.59. The van der Waals surface area contributed by atoms with Crippen LogP contribution in [0.1, 0.15) is 23.1 Å². The topological polar surface area (TPSA) is 20.3 Å². The van der Waals surface area contributed by atoms with Gasteiger partial charge in [-0.25, -0.2) is 0 Å². The number of thiol groups is 1. The lowest BCUT2D eigenvalue weighted by atomic mass is 10.0. The van der Waals surface area contributed by atoms with E-state index >= 15 is 0 Å². The highest BCUT2D eigenvalue weighted by molar-refractivity contribution is 7.81. The van der Waals surface area contributed by atoms with Crippen LogP contribution in [0.2, 0.25) is 0 Å². The predicted octanol–water partition coefficient (Wildman–Crippen LogP) is 2.33. The number of hydrogen-bond acceptors (Lipinski definition) is 2. The molecule has 1 aromatic carbocycles. The molecule has 0 saturated carbocycles. The lowest BCUT2D eigenvalue weighted by Crippen LogP contribution is -2.25. The summed E-state index contributed by atoms with van der Waals surface area (Å²) < 4.78 is 0. The van der Waals surface area contributed by atoms with E-state index in [1.165, 1.54) is 16.7 Å². The van der Waals surface area contributed by atoms with Crippen molar-refractivity contribution in [3.63, 3.8) is 0 Å². The molecule has 2 rings (SSSR count). The second kappa shape index (κ2) is 4.50. The van der Waals surface area contributed by atoms with Gasteiger partial charge in [0.05, 0.1) is 0 Å². The van der Waals surface area contributed by atoms with Gasteiger partial charge in [0.25, 0.3) is 0 Å². The Kier molecular flexibility index (Phi) is 3.24. The monoisotopic (exact) mass is 235 g/mol. The van der Waals surface area contributed by atoms with Crippen molar-refractivity contribution in [2.45, 2.75) is 32.1 Å². The highest BCUT2D eigenvalue weighted by Gasteiger charge is 2.27. The summed E-state index contributed by atoms with van der Waals surface area (Å²) in [4.78, 5) is 13.6. The smallest absolute Gasteiger partial charge is 0.224 e. The van der Waals surface area contributed by atoms with Gasteiger partial charge in [0.15, 0.2) is 0 Å². The minimum Gasteiger partial charge on any atom is -0.337 e. The highest BCUT2D eigenvalue weighted by atomic mass is 32.1. The van der Waals surface area contributed by atoms with Gasteiger partial charge in [0, 0.05) is 24.8 Å². The van der Waals surface area contributed by atoms with E-state index in [9.17, 15) is 4.79 Å². The Hall–Kier alpha value is -0.960. The second-order valence-corrected chi connectivity index (χ2v) is 5.22. The van der Waals surface area contributed by atoms with E-state index < -0.39 is 0 Å². The zero-order valence-electron chi connectivity index (χ0n) is 9.73. The van der Waals surface area contributed by atoms with Gasteiger partial charge in [0.2, 0.25) is 5.91 Å². The van der Waals surface area contributed by atoms with Crippen LogP contribution in [0.25, 0.3) is 0 Å². The molecule has 0 N–H and O–H groups in total. The van der Waals surface area contributed by atoms with Crippen LogP contribution in [0, 0.1) is 13.8 Å². The van der Waals surface area contributed by atoms with Crippen LogP contribution in [0.15, 0.2) is 18.2 Å². The van der Waals surface area contributed by atoms with Crippen LogP contribution in [0.5, 0.6) is 0 Å². The van der Waals surface area contributed by atoms with Gasteiger partial charge in [-0.1, -0.05) is 18.2 Å². The molecule has 1 fully saturated rings. The molecule has 0 aromatic heterocycles. The van der Waals surface area contributed by atoms with Gasteiger partial charge in [-0.3, -0.25) is 4.79 Å². The Balaban J connectivity index is 2.15. The Bertz CT molecular complexity index is 416. The quantitative estimate of drug-likeness (QED) is 0.780. The van der Waals surface area contributed by atoms with Crippen molar-refractivity contribution in [3.8, 4) is 0 Å². The number of benzene rings is 1. The van der Waals surface area contributed by atoms with Crippen LogP contribution in [-0.2, 0) is 11.3 Å². The third-order valence-corrected chi connectivity index (χ3v) is 3.62. The van der Waals surface area contributed by atoms with E-state index in [1.807, 2.05) is 4.90 Å². The molecule has 16 heavy (non-hydrogen) atoms. The lowest BCUT2D eigenvalue weighted by Gasteiger charge is -2.18. The van der Waals surface area contributed by atoms with Crippen LogP contribution < -0.4 is 0 Å². The number of carbonyl (C=O) groups excluding carboxylic acids is 1. The van der Waals surface area contributed by atoms with E-state index in [-0.39, 0.29) is 11.2 Å². The van der Waals surface area contributed by atoms with Crippen LogP contribution in [-0.4, -0.2) is 22.6 Å². The van der Waals surface area contributed by atoms with E-state index in [0.29, 0.717) is 6.42 Å². The molecular weight excluding hydrogens is 218 g/mol. The molecule has 86 valence electrons. The molecule has 0 bridgehead atoms. The summed E-state index contributed by atoms with van der Waals surface area (Å²) in [5, 5.41) is 0.206. The molecule has 0 spiro atoms.